The summed E-state index contributed by atoms with van der Waals surface area (Å²) in [6, 6.07) is 13.4. The molecule has 3 rings (SSSR count). The van der Waals surface area contributed by atoms with Crippen LogP contribution in [0.2, 0.25) is 0 Å². The number of carbonyl (C=O) groups is 2. The van der Waals surface area contributed by atoms with Crippen LogP contribution in [-0.2, 0) is 16.1 Å². The predicted octanol–water partition coefficient (Wildman–Crippen LogP) is 2.50. The van der Waals surface area contributed by atoms with Crippen LogP contribution in [0.5, 0.6) is 5.75 Å². The molecule has 0 spiro atoms. The van der Waals surface area contributed by atoms with Crippen LogP contribution in [0.15, 0.2) is 48.5 Å². The van der Waals surface area contributed by atoms with Crippen LogP contribution in [-0.4, -0.2) is 25.5 Å². The van der Waals surface area contributed by atoms with E-state index in [0.717, 1.165) is 5.69 Å². The smallest absolute Gasteiger partial charge is 0.227 e. The average molecular weight is 342 g/mol. The molecule has 1 fully saturated rings. The molecule has 0 aliphatic carbocycles. The number of halogens is 1. The summed E-state index contributed by atoms with van der Waals surface area (Å²) in [6.45, 7) is 0.424. The zero-order valence-corrected chi connectivity index (χ0v) is 13.9. The minimum absolute atomic E-state index is 0.101. The minimum atomic E-state index is -0.443. The van der Waals surface area contributed by atoms with Crippen molar-refractivity contribution in [1.29, 1.82) is 0 Å². The number of amides is 2. The molecular weight excluding hydrogens is 323 g/mol. The van der Waals surface area contributed by atoms with E-state index in [1.54, 1.807) is 54.5 Å². The third-order valence-electron chi connectivity index (χ3n) is 4.29. The summed E-state index contributed by atoms with van der Waals surface area (Å²) in [6.07, 6.45) is 0.148. The number of hydrogen-bond donors (Lipinski definition) is 1. The summed E-state index contributed by atoms with van der Waals surface area (Å²) in [7, 11) is 1.58. The van der Waals surface area contributed by atoms with E-state index in [0.29, 0.717) is 17.9 Å². The average Bonchev–Trinajstić information content (AvgIpc) is 3.03. The Balaban J connectivity index is 1.61. The monoisotopic (exact) mass is 342 g/mol. The highest BCUT2D eigenvalue weighted by Crippen LogP contribution is 2.27. The van der Waals surface area contributed by atoms with Gasteiger partial charge in [0.05, 0.1) is 13.0 Å². The number of benzene rings is 2. The molecule has 1 N–H and O–H groups in total. The molecule has 0 aromatic heterocycles. The lowest BCUT2D eigenvalue weighted by atomic mass is 10.1. The molecular formula is C19H19FN2O3. The van der Waals surface area contributed by atoms with Gasteiger partial charge in [0.15, 0.2) is 0 Å². The molecule has 130 valence electrons. The summed E-state index contributed by atoms with van der Waals surface area (Å²) < 4.78 is 18.7. The molecule has 0 saturated carbocycles. The Morgan fingerprint density at radius 3 is 2.64 bits per heavy atom. The summed E-state index contributed by atoms with van der Waals surface area (Å²) in [4.78, 5) is 26.1. The van der Waals surface area contributed by atoms with Gasteiger partial charge in [-0.2, -0.15) is 0 Å². The van der Waals surface area contributed by atoms with Gasteiger partial charge in [0, 0.05) is 30.8 Å². The standard InChI is InChI=1S/C19H19FN2O3/c1-25-16-8-6-15(7-9-16)22-12-14(10-18(22)23)19(24)21-11-13-4-2-3-5-17(13)20/h2-9,14H,10-12H2,1H3,(H,21,24)/t14-/m0/s1. The highest BCUT2D eigenvalue weighted by molar-refractivity contribution is 6.00. The molecule has 25 heavy (non-hydrogen) atoms. The second-order valence-corrected chi connectivity index (χ2v) is 5.91. The molecule has 0 radical (unpaired) electrons. The number of nitrogens with one attached hydrogen (secondary N) is 1. The first-order valence-electron chi connectivity index (χ1n) is 8.04. The van der Waals surface area contributed by atoms with Gasteiger partial charge in [0.2, 0.25) is 11.8 Å². The van der Waals surface area contributed by atoms with Gasteiger partial charge in [-0.15, -0.1) is 0 Å². The van der Waals surface area contributed by atoms with Crippen molar-refractivity contribution >= 4 is 17.5 Å². The van der Waals surface area contributed by atoms with E-state index in [1.807, 2.05) is 0 Å². The van der Waals surface area contributed by atoms with Gasteiger partial charge < -0.3 is 15.0 Å². The van der Waals surface area contributed by atoms with Crippen LogP contribution in [0, 0.1) is 11.7 Å². The second-order valence-electron chi connectivity index (χ2n) is 5.91. The number of anilines is 1. The third kappa shape index (κ3) is 3.79. The quantitative estimate of drug-likeness (QED) is 0.908. The number of ether oxygens (including phenoxy) is 1. The van der Waals surface area contributed by atoms with Gasteiger partial charge in [-0.3, -0.25) is 9.59 Å². The number of rotatable bonds is 5. The SMILES string of the molecule is COc1ccc(N2C[C@@H](C(=O)NCc3ccccc3F)CC2=O)cc1. The molecule has 1 saturated heterocycles. The Labute approximate surface area is 145 Å². The lowest BCUT2D eigenvalue weighted by Crippen LogP contribution is -2.32. The first-order valence-corrected chi connectivity index (χ1v) is 8.04. The van der Waals surface area contributed by atoms with Gasteiger partial charge in [-0.1, -0.05) is 18.2 Å². The summed E-state index contributed by atoms with van der Waals surface area (Å²) in [5.74, 6) is -0.440. The highest BCUT2D eigenvalue weighted by Gasteiger charge is 2.35. The Kier molecular flexibility index (Phi) is 4.97. The lowest BCUT2D eigenvalue weighted by Gasteiger charge is -2.17. The van der Waals surface area contributed by atoms with Crippen molar-refractivity contribution in [2.75, 3.05) is 18.6 Å². The first kappa shape index (κ1) is 17.0. The highest BCUT2D eigenvalue weighted by atomic mass is 19.1. The van der Waals surface area contributed by atoms with Crippen LogP contribution < -0.4 is 15.0 Å². The molecule has 1 heterocycles. The van der Waals surface area contributed by atoms with E-state index >= 15 is 0 Å². The van der Waals surface area contributed by atoms with E-state index in [2.05, 4.69) is 5.32 Å². The van der Waals surface area contributed by atoms with E-state index in [-0.39, 0.29) is 30.6 Å². The van der Waals surface area contributed by atoms with E-state index in [1.165, 1.54) is 6.07 Å². The molecule has 2 aromatic carbocycles. The molecule has 0 bridgehead atoms. The lowest BCUT2D eigenvalue weighted by molar-refractivity contribution is -0.126. The summed E-state index contributed by atoms with van der Waals surface area (Å²) in [5, 5.41) is 2.71. The van der Waals surface area contributed by atoms with Crippen LogP contribution >= 0.6 is 0 Å². The van der Waals surface area contributed by atoms with Gasteiger partial charge in [0.25, 0.3) is 0 Å². The van der Waals surface area contributed by atoms with Crippen molar-refractivity contribution in [1.82, 2.24) is 5.32 Å². The first-order chi connectivity index (χ1) is 12.1. The fourth-order valence-corrected chi connectivity index (χ4v) is 2.86. The van der Waals surface area contributed by atoms with E-state index in [4.69, 9.17) is 4.74 Å². The Morgan fingerprint density at radius 1 is 1.24 bits per heavy atom. The van der Waals surface area contributed by atoms with Gasteiger partial charge in [-0.05, 0) is 30.3 Å². The zero-order valence-electron chi connectivity index (χ0n) is 13.9. The molecule has 2 amide bonds. The van der Waals surface area contributed by atoms with Crippen molar-refractivity contribution in [3.05, 3.63) is 59.9 Å². The van der Waals surface area contributed by atoms with Crippen molar-refractivity contribution in [2.45, 2.75) is 13.0 Å². The van der Waals surface area contributed by atoms with Gasteiger partial charge in [0.1, 0.15) is 11.6 Å². The van der Waals surface area contributed by atoms with Crippen molar-refractivity contribution in [3.8, 4) is 5.75 Å². The second kappa shape index (κ2) is 7.34. The normalized spacial score (nSPS) is 16.8. The van der Waals surface area contributed by atoms with Crippen LogP contribution in [0.3, 0.4) is 0 Å². The largest absolute Gasteiger partial charge is 0.497 e. The van der Waals surface area contributed by atoms with Crippen LogP contribution in [0.1, 0.15) is 12.0 Å². The Bertz CT molecular complexity index is 776. The van der Waals surface area contributed by atoms with Gasteiger partial charge in [-0.25, -0.2) is 4.39 Å². The number of methoxy groups -OCH3 is 1. The molecule has 0 unspecified atom stereocenters. The van der Waals surface area contributed by atoms with E-state index < -0.39 is 5.92 Å². The number of nitrogens with zero attached hydrogens (tertiary/aromatic N) is 1. The Morgan fingerprint density at radius 2 is 1.96 bits per heavy atom. The molecule has 2 aromatic rings. The molecule has 6 heteroatoms. The van der Waals surface area contributed by atoms with Crippen LogP contribution in [0.25, 0.3) is 0 Å². The molecule has 1 atom stereocenters. The number of carbonyl (C=O) groups excluding carboxylic acids is 2. The van der Waals surface area contributed by atoms with Gasteiger partial charge >= 0.3 is 0 Å². The zero-order chi connectivity index (χ0) is 17.8. The maximum absolute atomic E-state index is 13.6. The molecule has 5 nitrogen and oxygen atoms in total. The molecule has 1 aliphatic heterocycles. The fourth-order valence-electron chi connectivity index (χ4n) is 2.86. The van der Waals surface area contributed by atoms with Crippen molar-refractivity contribution in [2.24, 2.45) is 5.92 Å². The molecule has 1 aliphatic rings. The number of hydrogen-bond acceptors (Lipinski definition) is 3. The van der Waals surface area contributed by atoms with E-state index in [9.17, 15) is 14.0 Å². The Hall–Kier alpha value is -2.89. The maximum Gasteiger partial charge on any atom is 0.227 e. The summed E-state index contributed by atoms with van der Waals surface area (Å²) in [5.41, 5.74) is 1.15. The minimum Gasteiger partial charge on any atom is -0.497 e. The summed E-state index contributed by atoms with van der Waals surface area (Å²) >= 11 is 0. The van der Waals surface area contributed by atoms with Crippen LogP contribution in [0.4, 0.5) is 10.1 Å². The topological polar surface area (TPSA) is 58.6 Å². The fraction of sp³-hybridized carbons (Fsp3) is 0.263. The predicted molar refractivity (Wildman–Crippen MR) is 91.7 cm³/mol. The third-order valence-corrected chi connectivity index (χ3v) is 4.29. The van der Waals surface area contributed by atoms with Crippen molar-refractivity contribution in [3.63, 3.8) is 0 Å². The maximum atomic E-state index is 13.6. The van der Waals surface area contributed by atoms with Crippen molar-refractivity contribution < 1.29 is 18.7 Å².